The van der Waals surface area contributed by atoms with Crippen molar-refractivity contribution in [1.82, 2.24) is 16.0 Å². The van der Waals surface area contributed by atoms with Gasteiger partial charge in [0, 0.05) is 26.1 Å². The molecular formula is C16H24N4O. The van der Waals surface area contributed by atoms with Crippen LogP contribution >= 0.6 is 0 Å². The third kappa shape index (κ3) is 6.13. The number of nitrogens with zero attached hydrogens (tertiary/aromatic N) is 1. The zero-order valence-corrected chi connectivity index (χ0v) is 12.4. The van der Waals surface area contributed by atoms with Crippen LogP contribution in [0.4, 0.5) is 0 Å². The molecule has 21 heavy (non-hydrogen) atoms. The maximum Gasteiger partial charge on any atom is 0.162 e. The van der Waals surface area contributed by atoms with Gasteiger partial charge in [-0.2, -0.15) is 5.26 Å². The molecule has 1 heterocycles. The van der Waals surface area contributed by atoms with E-state index in [0.29, 0.717) is 6.42 Å². The quantitative estimate of drug-likeness (QED) is 0.772. The van der Waals surface area contributed by atoms with Crippen LogP contribution in [0.15, 0.2) is 24.3 Å². The minimum absolute atomic E-state index is 0.0186. The molecule has 1 unspecified atom stereocenters. The lowest BCUT2D eigenvalue weighted by Crippen LogP contribution is -2.46. The van der Waals surface area contributed by atoms with Crippen molar-refractivity contribution in [2.45, 2.75) is 25.5 Å². The van der Waals surface area contributed by atoms with Gasteiger partial charge in [-0.05, 0) is 43.6 Å². The highest BCUT2D eigenvalue weighted by Gasteiger charge is 2.10. The predicted octanol–water partition coefficient (Wildman–Crippen LogP) is 1.02. The standard InChI is InChI=1S/C16H24N4O/c17-8-1-3-14-4-6-15(7-5-14)21-16-13-19-10-2-9-18-11-12-20-16/h4-7,16,18-20H,1-3,9-13H2. The normalized spacial score (nSPS) is 20.4. The molecule has 0 radical (unpaired) electrons. The lowest BCUT2D eigenvalue weighted by atomic mass is 10.1. The van der Waals surface area contributed by atoms with Gasteiger partial charge in [-0.25, -0.2) is 0 Å². The molecule has 0 saturated carbocycles. The van der Waals surface area contributed by atoms with Gasteiger partial charge in [0.05, 0.1) is 6.07 Å². The summed E-state index contributed by atoms with van der Waals surface area (Å²) in [5.74, 6) is 0.861. The van der Waals surface area contributed by atoms with Crippen molar-refractivity contribution < 1.29 is 4.74 Å². The minimum atomic E-state index is -0.0186. The van der Waals surface area contributed by atoms with Crippen LogP contribution < -0.4 is 20.7 Å². The van der Waals surface area contributed by atoms with Crippen molar-refractivity contribution in [3.63, 3.8) is 0 Å². The molecule has 114 valence electrons. The Morgan fingerprint density at radius 3 is 2.71 bits per heavy atom. The second-order valence-corrected chi connectivity index (χ2v) is 5.17. The topological polar surface area (TPSA) is 69.1 Å². The number of aryl methyl sites for hydroxylation is 1. The first-order valence-electron chi connectivity index (χ1n) is 7.66. The molecule has 0 bridgehead atoms. The Morgan fingerprint density at radius 1 is 1.10 bits per heavy atom. The summed E-state index contributed by atoms with van der Waals surface area (Å²) in [6, 6.07) is 10.2. The van der Waals surface area contributed by atoms with Crippen LogP contribution in [0.1, 0.15) is 18.4 Å². The maximum absolute atomic E-state index is 8.60. The fourth-order valence-corrected chi connectivity index (χ4v) is 2.27. The van der Waals surface area contributed by atoms with Crippen LogP contribution in [0.25, 0.3) is 0 Å². The van der Waals surface area contributed by atoms with Crippen LogP contribution in [-0.4, -0.2) is 39.0 Å². The van der Waals surface area contributed by atoms with E-state index in [1.807, 2.05) is 24.3 Å². The molecule has 3 N–H and O–H groups in total. The number of ether oxygens (including phenoxy) is 1. The van der Waals surface area contributed by atoms with E-state index >= 15 is 0 Å². The summed E-state index contributed by atoms with van der Waals surface area (Å²) in [4.78, 5) is 0. The van der Waals surface area contributed by atoms with Gasteiger partial charge in [0.2, 0.25) is 0 Å². The summed E-state index contributed by atoms with van der Waals surface area (Å²) in [7, 11) is 0. The summed E-state index contributed by atoms with van der Waals surface area (Å²) < 4.78 is 5.98. The number of hydrogen-bond acceptors (Lipinski definition) is 5. The smallest absolute Gasteiger partial charge is 0.162 e. The zero-order valence-electron chi connectivity index (χ0n) is 12.4. The second kappa shape index (κ2) is 9.35. The zero-order chi connectivity index (χ0) is 14.8. The van der Waals surface area contributed by atoms with E-state index in [4.69, 9.17) is 10.00 Å². The SMILES string of the molecule is N#CCCc1ccc(OC2CNCCCNCCN2)cc1. The van der Waals surface area contributed by atoms with E-state index in [1.165, 1.54) is 5.56 Å². The monoisotopic (exact) mass is 288 g/mol. The fourth-order valence-electron chi connectivity index (χ4n) is 2.27. The fraction of sp³-hybridized carbons (Fsp3) is 0.562. The summed E-state index contributed by atoms with van der Waals surface area (Å²) in [6.45, 7) is 4.72. The highest BCUT2D eigenvalue weighted by Crippen LogP contribution is 2.14. The minimum Gasteiger partial charge on any atom is -0.474 e. The maximum atomic E-state index is 8.60. The van der Waals surface area contributed by atoms with Gasteiger partial charge >= 0.3 is 0 Å². The molecule has 0 amide bonds. The molecule has 1 aromatic rings. The van der Waals surface area contributed by atoms with Crippen LogP contribution in [0.3, 0.4) is 0 Å². The van der Waals surface area contributed by atoms with Crippen molar-refractivity contribution in [3.05, 3.63) is 29.8 Å². The van der Waals surface area contributed by atoms with Crippen molar-refractivity contribution in [3.8, 4) is 11.8 Å². The Morgan fingerprint density at radius 2 is 1.90 bits per heavy atom. The molecule has 1 aliphatic rings. The average molecular weight is 288 g/mol. The van der Waals surface area contributed by atoms with Gasteiger partial charge in [-0.1, -0.05) is 12.1 Å². The van der Waals surface area contributed by atoms with Gasteiger partial charge in [-0.3, -0.25) is 5.32 Å². The van der Waals surface area contributed by atoms with Crippen LogP contribution in [0.2, 0.25) is 0 Å². The third-order valence-corrected chi connectivity index (χ3v) is 3.44. The molecule has 1 aromatic carbocycles. The lowest BCUT2D eigenvalue weighted by Gasteiger charge is -2.22. The number of rotatable bonds is 4. The first-order chi connectivity index (χ1) is 10.4. The Bertz CT molecular complexity index is 431. The molecule has 1 fully saturated rings. The Kier molecular flexibility index (Phi) is 7.02. The van der Waals surface area contributed by atoms with Crippen LogP contribution in [-0.2, 0) is 6.42 Å². The Labute approximate surface area is 126 Å². The van der Waals surface area contributed by atoms with E-state index in [1.54, 1.807) is 0 Å². The van der Waals surface area contributed by atoms with Crippen LogP contribution in [0.5, 0.6) is 5.75 Å². The number of benzene rings is 1. The second-order valence-electron chi connectivity index (χ2n) is 5.17. The highest BCUT2D eigenvalue weighted by atomic mass is 16.5. The molecule has 1 aliphatic heterocycles. The Balaban J connectivity index is 1.84. The summed E-state index contributed by atoms with van der Waals surface area (Å²) >= 11 is 0. The van der Waals surface area contributed by atoms with Crippen LogP contribution in [0, 0.1) is 11.3 Å². The molecule has 1 atom stereocenters. The molecular weight excluding hydrogens is 264 g/mol. The number of hydrogen-bond donors (Lipinski definition) is 3. The summed E-state index contributed by atoms with van der Waals surface area (Å²) in [6.07, 6.45) is 2.47. The predicted molar refractivity (Wildman–Crippen MR) is 83.2 cm³/mol. The average Bonchev–Trinajstić information content (AvgIpc) is 2.53. The summed E-state index contributed by atoms with van der Waals surface area (Å²) in [5.41, 5.74) is 1.17. The first kappa shape index (κ1) is 15.8. The molecule has 1 saturated heterocycles. The van der Waals surface area contributed by atoms with E-state index < -0.39 is 0 Å². The molecule has 5 nitrogen and oxygen atoms in total. The van der Waals surface area contributed by atoms with Gasteiger partial charge in [0.15, 0.2) is 6.23 Å². The van der Waals surface area contributed by atoms with E-state index in [2.05, 4.69) is 22.0 Å². The molecule has 0 spiro atoms. The molecule has 0 aliphatic carbocycles. The van der Waals surface area contributed by atoms with E-state index in [9.17, 15) is 0 Å². The van der Waals surface area contributed by atoms with Crippen molar-refractivity contribution in [2.24, 2.45) is 0 Å². The summed E-state index contributed by atoms with van der Waals surface area (Å²) in [5, 5.41) is 18.8. The van der Waals surface area contributed by atoms with Gasteiger partial charge < -0.3 is 15.4 Å². The Hall–Kier alpha value is -1.61. The number of nitriles is 1. The number of nitrogens with one attached hydrogen (secondary N) is 3. The van der Waals surface area contributed by atoms with Gasteiger partial charge in [0.1, 0.15) is 5.75 Å². The van der Waals surface area contributed by atoms with Crippen molar-refractivity contribution in [2.75, 3.05) is 32.7 Å². The molecule has 2 rings (SSSR count). The van der Waals surface area contributed by atoms with Crippen molar-refractivity contribution >= 4 is 0 Å². The van der Waals surface area contributed by atoms with Gasteiger partial charge in [-0.15, -0.1) is 0 Å². The molecule has 0 aromatic heterocycles. The van der Waals surface area contributed by atoms with E-state index in [0.717, 1.165) is 51.3 Å². The third-order valence-electron chi connectivity index (χ3n) is 3.44. The van der Waals surface area contributed by atoms with Gasteiger partial charge in [0.25, 0.3) is 0 Å². The van der Waals surface area contributed by atoms with Crippen molar-refractivity contribution in [1.29, 1.82) is 5.26 Å². The van der Waals surface area contributed by atoms with E-state index in [-0.39, 0.29) is 6.23 Å². The highest BCUT2D eigenvalue weighted by molar-refractivity contribution is 5.27. The first-order valence-corrected chi connectivity index (χ1v) is 7.66. The lowest BCUT2D eigenvalue weighted by molar-refractivity contribution is 0.159. The molecule has 5 heteroatoms. The largest absolute Gasteiger partial charge is 0.474 e.